The maximum atomic E-state index is 13.4. The fourth-order valence-corrected chi connectivity index (χ4v) is 4.42. The molecule has 0 fully saturated rings. The average Bonchev–Trinajstić information content (AvgIpc) is 3.17. The molecule has 0 saturated heterocycles. The van der Waals surface area contributed by atoms with Gasteiger partial charge in [-0.3, -0.25) is 19.8 Å². The molecule has 0 saturated carbocycles. The molecule has 4 aromatic rings. The highest BCUT2D eigenvalue weighted by Gasteiger charge is 2.36. The van der Waals surface area contributed by atoms with Gasteiger partial charge in [-0.2, -0.15) is 0 Å². The molecule has 0 bridgehead atoms. The zero-order chi connectivity index (χ0) is 20.0. The van der Waals surface area contributed by atoms with Crippen LogP contribution in [0, 0.1) is 10.1 Å². The topological polar surface area (TPSA) is 88.4 Å². The second-order valence-electron chi connectivity index (χ2n) is 6.58. The monoisotopic (exact) mass is 402 g/mol. The van der Waals surface area contributed by atoms with Gasteiger partial charge in [-0.1, -0.05) is 35.6 Å². The lowest BCUT2D eigenvalue weighted by atomic mass is 10.0. The van der Waals surface area contributed by atoms with Gasteiger partial charge in [-0.15, -0.1) is 0 Å². The van der Waals surface area contributed by atoms with Crippen LogP contribution in [0.15, 0.2) is 72.8 Å². The smallest absolute Gasteiger partial charge is 0.269 e. The number of amides is 1. The Kier molecular flexibility index (Phi) is 3.99. The summed E-state index contributed by atoms with van der Waals surface area (Å²) in [5, 5.41) is 15.0. The molecular weight excluding hydrogens is 388 g/mol. The summed E-state index contributed by atoms with van der Waals surface area (Å²) in [6.07, 6.45) is -0.529. The Labute approximate surface area is 169 Å². The van der Waals surface area contributed by atoms with Crippen molar-refractivity contribution in [2.45, 2.75) is 6.17 Å². The van der Waals surface area contributed by atoms with Crippen LogP contribution in [-0.2, 0) is 0 Å². The summed E-state index contributed by atoms with van der Waals surface area (Å²) in [4.78, 5) is 30.2. The number of nitrogens with one attached hydrogen (secondary N) is 1. The van der Waals surface area contributed by atoms with Crippen molar-refractivity contribution in [1.29, 1.82) is 0 Å². The number of para-hydroxylation sites is 2. The number of anilines is 2. The van der Waals surface area contributed by atoms with Crippen molar-refractivity contribution in [2.75, 3.05) is 10.2 Å². The summed E-state index contributed by atoms with van der Waals surface area (Å²) >= 11 is 1.43. The Morgan fingerprint density at radius 2 is 1.72 bits per heavy atom. The van der Waals surface area contributed by atoms with Crippen LogP contribution in [0.2, 0.25) is 0 Å². The van der Waals surface area contributed by atoms with Gasteiger partial charge in [-0.05, 0) is 42.0 Å². The number of carbonyl (C=O) groups excluding carboxylic acids is 1. The average molecular weight is 402 g/mol. The second kappa shape index (κ2) is 6.68. The molecule has 0 spiro atoms. The molecule has 1 aliphatic heterocycles. The molecule has 5 rings (SSSR count). The molecule has 2 heterocycles. The van der Waals surface area contributed by atoms with E-state index in [-0.39, 0.29) is 11.6 Å². The number of hydrogen-bond donors (Lipinski definition) is 1. The van der Waals surface area contributed by atoms with E-state index in [1.165, 1.54) is 23.5 Å². The quantitative estimate of drug-likeness (QED) is 0.386. The van der Waals surface area contributed by atoms with Crippen molar-refractivity contribution < 1.29 is 9.72 Å². The predicted molar refractivity (Wildman–Crippen MR) is 112 cm³/mol. The normalized spacial score (nSPS) is 15.8. The van der Waals surface area contributed by atoms with Crippen molar-refractivity contribution in [3.05, 3.63) is 94.0 Å². The van der Waals surface area contributed by atoms with E-state index in [4.69, 9.17) is 0 Å². The lowest BCUT2D eigenvalue weighted by Gasteiger charge is -2.36. The molecule has 142 valence electrons. The molecule has 1 atom stereocenters. The number of nitro benzene ring substituents is 1. The Hall–Kier alpha value is -3.78. The van der Waals surface area contributed by atoms with Crippen LogP contribution in [0.4, 0.5) is 16.5 Å². The van der Waals surface area contributed by atoms with Gasteiger partial charge >= 0.3 is 0 Å². The van der Waals surface area contributed by atoms with Crippen LogP contribution in [0.1, 0.15) is 22.1 Å². The van der Waals surface area contributed by atoms with Gasteiger partial charge in [0.1, 0.15) is 6.17 Å². The largest absolute Gasteiger partial charge is 0.360 e. The molecule has 1 N–H and O–H groups in total. The van der Waals surface area contributed by atoms with Crippen molar-refractivity contribution in [3.8, 4) is 0 Å². The third kappa shape index (κ3) is 2.90. The summed E-state index contributed by atoms with van der Waals surface area (Å²) in [7, 11) is 0. The molecule has 3 aromatic carbocycles. The van der Waals surface area contributed by atoms with Crippen molar-refractivity contribution in [3.63, 3.8) is 0 Å². The van der Waals surface area contributed by atoms with Crippen LogP contribution in [-0.4, -0.2) is 15.8 Å². The number of thiazole rings is 1. The van der Waals surface area contributed by atoms with E-state index in [2.05, 4.69) is 10.3 Å². The number of nitrogens with zero attached hydrogens (tertiary/aromatic N) is 3. The number of hydrogen-bond acceptors (Lipinski definition) is 6. The number of aromatic nitrogens is 1. The van der Waals surface area contributed by atoms with E-state index in [9.17, 15) is 14.9 Å². The van der Waals surface area contributed by atoms with Crippen molar-refractivity contribution in [1.82, 2.24) is 4.98 Å². The van der Waals surface area contributed by atoms with E-state index >= 15 is 0 Å². The maximum Gasteiger partial charge on any atom is 0.269 e. The standard InChI is InChI=1S/C21H14N4O3S/c26-20-15-5-1-2-6-16(15)22-19(13-9-11-14(12-10-13)25(27)28)24(20)21-23-17-7-3-4-8-18(17)29-21/h1-12,19,22H. The minimum Gasteiger partial charge on any atom is -0.360 e. The summed E-state index contributed by atoms with van der Waals surface area (Å²) in [6.45, 7) is 0. The second-order valence-corrected chi connectivity index (χ2v) is 7.59. The molecule has 1 amide bonds. The molecule has 1 aromatic heterocycles. The van der Waals surface area contributed by atoms with E-state index in [0.29, 0.717) is 10.7 Å². The highest BCUT2D eigenvalue weighted by atomic mass is 32.1. The summed E-state index contributed by atoms with van der Waals surface area (Å²) in [6, 6.07) is 21.2. The van der Waals surface area contributed by atoms with Gasteiger partial charge in [0.15, 0.2) is 5.13 Å². The highest BCUT2D eigenvalue weighted by Crippen LogP contribution is 2.39. The number of benzene rings is 3. The van der Waals surface area contributed by atoms with E-state index in [1.807, 2.05) is 42.5 Å². The lowest BCUT2D eigenvalue weighted by Crippen LogP contribution is -2.43. The molecule has 0 aliphatic carbocycles. The number of fused-ring (bicyclic) bond motifs is 2. The van der Waals surface area contributed by atoms with Gasteiger partial charge in [0.25, 0.3) is 11.6 Å². The number of rotatable bonds is 3. The first-order valence-corrected chi connectivity index (χ1v) is 9.72. The number of non-ortho nitro benzene ring substituents is 1. The first-order chi connectivity index (χ1) is 14.1. The molecule has 7 nitrogen and oxygen atoms in total. The van der Waals surface area contributed by atoms with Crippen molar-refractivity contribution in [2.24, 2.45) is 0 Å². The fraction of sp³-hybridized carbons (Fsp3) is 0.0476. The van der Waals surface area contributed by atoms with Gasteiger partial charge in [-0.25, -0.2) is 4.98 Å². The van der Waals surface area contributed by atoms with Crippen LogP contribution in [0.5, 0.6) is 0 Å². The molecule has 1 aliphatic rings. The van der Waals surface area contributed by atoms with Gasteiger partial charge in [0.2, 0.25) is 0 Å². The van der Waals surface area contributed by atoms with Crippen LogP contribution in [0.25, 0.3) is 10.2 Å². The number of carbonyl (C=O) groups is 1. The van der Waals surface area contributed by atoms with Crippen LogP contribution < -0.4 is 10.2 Å². The summed E-state index contributed by atoms with van der Waals surface area (Å²) < 4.78 is 0.983. The third-order valence-corrected chi connectivity index (χ3v) is 5.87. The zero-order valence-electron chi connectivity index (χ0n) is 15.0. The van der Waals surface area contributed by atoms with Crippen LogP contribution >= 0.6 is 11.3 Å². The van der Waals surface area contributed by atoms with Gasteiger partial charge < -0.3 is 5.32 Å². The minimum atomic E-state index is -0.529. The summed E-state index contributed by atoms with van der Waals surface area (Å²) in [5.74, 6) is -0.165. The summed E-state index contributed by atoms with van der Waals surface area (Å²) in [5.41, 5.74) is 2.84. The Balaban J connectivity index is 1.65. The molecule has 1 unspecified atom stereocenters. The molecular formula is C21H14N4O3S. The molecule has 0 radical (unpaired) electrons. The Bertz CT molecular complexity index is 1220. The molecule has 8 heteroatoms. The highest BCUT2D eigenvalue weighted by molar-refractivity contribution is 7.22. The predicted octanol–water partition coefficient (Wildman–Crippen LogP) is 4.98. The Morgan fingerprint density at radius 3 is 2.48 bits per heavy atom. The van der Waals surface area contributed by atoms with Crippen molar-refractivity contribution >= 4 is 44.0 Å². The fourth-order valence-electron chi connectivity index (χ4n) is 3.43. The number of nitro groups is 1. The first kappa shape index (κ1) is 17.3. The Morgan fingerprint density at radius 1 is 1.00 bits per heavy atom. The van der Waals surface area contributed by atoms with E-state index in [0.717, 1.165) is 21.5 Å². The van der Waals surface area contributed by atoms with Gasteiger partial charge in [0, 0.05) is 17.8 Å². The van der Waals surface area contributed by atoms with Crippen LogP contribution in [0.3, 0.4) is 0 Å². The zero-order valence-corrected chi connectivity index (χ0v) is 15.8. The first-order valence-electron chi connectivity index (χ1n) is 8.91. The SMILES string of the molecule is O=C1c2ccccc2NC(c2ccc([N+](=O)[O-])cc2)N1c1nc2ccccc2s1. The molecule has 29 heavy (non-hydrogen) atoms. The van der Waals surface area contributed by atoms with E-state index in [1.54, 1.807) is 23.1 Å². The van der Waals surface area contributed by atoms with Gasteiger partial charge in [0.05, 0.1) is 20.7 Å². The van der Waals surface area contributed by atoms with E-state index < -0.39 is 11.1 Å². The lowest BCUT2D eigenvalue weighted by molar-refractivity contribution is -0.384. The minimum absolute atomic E-state index is 0.00261. The maximum absolute atomic E-state index is 13.4. The third-order valence-electron chi connectivity index (χ3n) is 4.84.